The van der Waals surface area contributed by atoms with Crippen molar-refractivity contribution in [2.75, 3.05) is 92.4 Å². The zero-order valence-electron chi connectivity index (χ0n) is 50.5. The highest BCUT2D eigenvalue weighted by Crippen LogP contribution is 2.30. The zero-order chi connectivity index (χ0) is 59.5. The SMILES string of the molecule is C=CC(=O)OCCCCOC(=O)NCC(C)(C)CC(C)CCCC(=O)OCC(C)(C)COCC(C)(C)COC(=O)OCC(C)(C)COCC(C)(C)COC(=O)CCCC(C)CC(C)(C)CNC(=O)OCCCCOC(=O)C=C. The highest BCUT2D eigenvalue weighted by atomic mass is 16.7. The summed E-state index contributed by atoms with van der Waals surface area (Å²) in [6.07, 6.45) is 8.12. The Hall–Kier alpha value is -4.91. The van der Waals surface area contributed by atoms with Gasteiger partial charge in [-0.15, -0.1) is 0 Å². The topological polar surface area (TPSA) is 236 Å². The maximum atomic E-state index is 12.6. The molecule has 0 aliphatic rings. The fourth-order valence-electron chi connectivity index (χ4n) is 7.97. The van der Waals surface area contributed by atoms with Crippen LogP contribution in [0.3, 0.4) is 0 Å². The van der Waals surface area contributed by atoms with Gasteiger partial charge in [0.1, 0.15) is 13.2 Å². The summed E-state index contributed by atoms with van der Waals surface area (Å²) in [5.41, 5.74) is -2.27. The van der Waals surface area contributed by atoms with Crippen molar-refractivity contribution in [2.24, 2.45) is 44.3 Å². The van der Waals surface area contributed by atoms with Gasteiger partial charge in [0.05, 0.1) is 66.1 Å². The smallest absolute Gasteiger partial charge is 0.465 e. The lowest BCUT2D eigenvalue weighted by molar-refractivity contribution is -0.149. The molecule has 0 bridgehead atoms. The molecule has 0 aliphatic heterocycles. The third kappa shape index (κ3) is 42.1. The molecular formula is C59H104N2O17. The molecule has 2 unspecified atom stereocenters. The summed E-state index contributed by atoms with van der Waals surface area (Å²) in [6.45, 7) is 38.4. The number of esters is 4. The Morgan fingerprint density at radius 2 is 0.692 bits per heavy atom. The number of hydrogen-bond donors (Lipinski definition) is 2. The number of carbonyl (C=O) groups excluding carboxylic acids is 7. The van der Waals surface area contributed by atoms with Gasteiger partial charge in [-0.25, -0.2) is 24.0 Å². The zero-order valence-corrected chi connectivity index (χ0v) is 50.5. The molecule has 2 N–H and O–H groups in total. The summed E-state index contributed by atoms with van der Waals surface area (Å²) in [5.74, 6) is -0.838. The van der Waals surface area contributed by atoms with E-state index in [1.54, 1.807) is 0 Å². The summed E-state index contributed by atoms with van der Waals surface area (Å²) in [4.78, 5) is 84.3. The summed E-state index contributed by atoms with van der Waals surface area (Å²) >= 11 is 0. The normalized spacial score (nSPS) is 13.0. The fourth-order valence-corrected chi connectivity index (χ4v) is 7.97. The van der Waals surface area contributed by atoms with E-state index in [1.807, 2.05) is 55.4 Å². The first-order chi connectivity index (χ1) is 36.2. The molecule has 2 amide bonds. The molecule has 0 aromatic heterocycles. The van der Waals surface area contributed by atoms with E-state index in [0.717, 1.165) is 37.8 Å². The predicted octanol–water partition coefficient (Wildman–Crippen LogP) is 11.3. The second-order valence-corrected chi connectivity index (χ2v) is 25.7. The van der Waals surface area contributed by atoms with Crippen LogP contribution >= 0.6 is 0 Å². The number of alkyl carbamates (subject to hydrolysis) is 2. The fraction of sp³-hybridized carbons (Fsp3) is 0.814. The highest BCUT2D eigenvalue weighted by Gasteiger charge is 2.29. The first-order valence-corrected chi connectivity index (χ1v) is 27.9. The van der Waals surface area contributed by atoms with Crippen LogP contribution in [0, 0.1) is 44.3 Å². The minimum atomic E-state index is -0.790. The molecular weight excluding hydrogens is 1010 g/mol. The first-order valence-electron chi connectivity index (χ1n) is 27.9. The second kappa shape index (κ2) is 37.9. The van der Waals surface area contributed by atoms with E-state index in [9.17, 15) is 33.6 Å². The average Bonchev–Trinajstić information content (AvgIpc) is 3.34. The maximum absolute atomic E-state index is 12.6. The molecule has 0 saturated heterocycles. The van der Waals surface area contributed by atoms with Gasteiger partial charge < -0.3 is 58.0 Å². The van der Waals surface area contributed by atoms with Gasteiger partial charge in [-0.05, 0) is 74.0 Å². The van der Waals surface area contributed by atoms with Crippen molar-refractivity contribution in [1.29, 1.82) is 0 Å². The van der Waals surface area contributed by atoms with Gasteiger partial charge in [0.15, 0.2) is 0 Å². The van der Waals surface area contributed by atoms with Crippen molar-refractivity contribution in [3.8, 4) is 0 Å². The predicted molar refractivity (Wildman–Crippen MR) is 298 cm³/mol. The molecule has 452 valence electrons. The Morgan fingerprint density at radius 1 is 0.397 bits per heavy atom. The van der Waals surface area contributed by atoms with Crippen LogP contribution in [0.5, 0.6) is 0 Å². The monoisotopic (exact) mass is 1110 g/mol. The Balaban J connectivity index is 4.34. The molecule has 0 aromatic carbocycles. The number of amides is 2. The van der Waals surface area contributed by atoms with Crippen LogP contribution in [0.4, 0.5) is 14.4 Å². The maximum Gasteiger partial charge on any atom is 0.508 e. The lowest BCUT2D eigenvalue weighted by Gasteiger charge is -2.29. The third-order valence-electron chi connectivity index (χ3n) is 12.1. The van der Waals surface area contributed by atoms with Crippen molar-refractivity contribution in [3.63, 3.8) is 0 Å². The standard InChI is InChI=1S/C59H104N2O17/c1-17-47(62)71-29-19-21-31-73-51(66)60-35-54(5,6)33-45(3)25-23-27-49(64)75-41-56(9,10)37-69-39-58(13,14)43-77-53(68)78-44-59(15,16)40-70-38-57(11,12)42-76-50(65)28-24-26-46(4)34-55(7,8)36-61-52(67)74-32-22-20-30-72-48(63)18-2/h17-18,45-46H,1-2,19-44H2,3-16H3,(H,60,66)(H,61,67). The van der Waals surface area contributed by atoms with E-state index in [-0.39, 0.29) is 75.6 Å². The molecule has 78 heavy (non-hydrogen) atoms. The van der Waals surface area contributed by atoms with Crippen LogP contribution in [-0.4, -0.2) is 135 Å². The minimum absolute atomic E-state index is 0.0696. The molecule has 0 spiro atoms. The number of ether oxygens (including phenoxy) is 10. The van der Waals surface area contributed by atoms with E-state index in [0.29, 0.717) is 103 Å². The molecule has 19 heteroatoms. The number of nitrogens with one attached hydrogen (secondary N) is 2. The highest BCUT2D eigenvalue weighted by molar-refractivity contribution is 5.81. The van der Waals surface area contributed by atoms with Crippen LogP contribution in [0.1, 0.15) is 174 Å². The van der Waals surface area contributed by atoms with Gasteiger partial charge in [0.2, 0.25) is 0 Å². The van der Waals surface area contributed by atoms with E-state index in [4.69, 9.17) is 47.4 Å². The molecule has 0 rings (SSSR count). The molecule has 0 fully saturated rings. The number of hydrogen-bond acceptors (Lipinski definition) is 17. The van der Waals surface area contributed by atoms with Gasteiger partial charge in [-0.1, -0.05) is 123 Å². The van der Waals surface area contributed by atoms with Crippen molar-refractivity contribution < 1.29 is 80.9 Å². The molecule has 0 aliphatic carbocycles. The number of rotatable bonds is 44. The van der Waals surface area contributed by atoms with Gasteiger partial charge in [0, 0.05) is 59.7 Å². The third-order valence-corrected chi connectivity index (χ3v) is 12.1. The van der Waals surface area contributed by atoms with Crippen molar-refractivity contribution >= 4 is 42.2 Å². The summed E-state index contributed by atoms with van der Waals surface area (Å²) in [6, 6.07) is 0. The van der Waals surface area contributed by atoms with Crippen molar-refractivity contribution in [3.05, 3.63) is 25.3 Å². The Bertz CT molecular complexity index is 1680. The first kappa shape index (κ1) is 73.1. The Morgan fingerprint density at radius 3 is 1.00 bits per heavy atom. The molecule has 2 atom stereocenters. The Kier molecular flexibility index (Phi) is 35.5. The molecule has 0 radical (unpaired) electrons. The van der Waals surface area contributed by atoms with Crippen LogP contribution in [0.15, 0.2) is 25.3 Å². The van der Waals surface area contributed by atoms with Gasteiger partial charge in [-0.2, -0.15) is 0 Å². The van der Waals surface area contributed by atoms with Crippen LogP contribution in [-0.2, 0) is 66.5 Å². The quantitative estimate of drug-likeness (QED) is 0.0250. The van der Waals surface area contributed by atoms with Crippen LogP contribution in [0.25, 0.3) is 0 Å². The molecule has 0 aromatic rings. The van der Waals surface area contributed by atoms with Crippen molar-refractivity contribution in [2.45, 2.75) is 174 Å². The molecule has 19 nitrogen and oxygen atoms in total. The van der Waals surface area contributed by atoms with E-state index in [1.165, 1.54) is 0 Å². The lowest BCUT2D eigenvalue weighted by Crippen LogP contribution is -2.35. The van der Waals surface area contributed by atoms with E-state index in [2.05, 4.69) is 65.3 Å². The molecule has 0 heterocycles. The summed E-state index contributed by atoms with van der Waals surface area (Å²) in [7, 11) is 0. The average molecular weight is 1110 g/mol. The van der Waals surface area contributed by atoms with Gasteiger partial charge in [-0.3, -0.25) is 9.59 Å². The van der Waals surface area contributed by atoms with E-state index < -0.39 is 51.9 Å². The van der Waals surface area contributed by atoms with Crippen LogP contribution < -0.4 is 10.6 Å². The van der Waals surface area contributed by atoms with E-state index >= 15 is 0 Å². The Labute approximate surface area is 468 Å². The minimum Gasteiger partial charge on any atom is -0.465 e. The van der Waals surface area contributed by atoms with Crippen LogP contribution in [0.2, 0.25) is 0 Å². The number of carbonyl (C=O) groups is 7. The second-order valence-electron chi connectivity index (χ2n) is 25.7. The largest absolute Gasteiger partial charge is 0.508 e. The van der Waals surface area contributed by atoms with Gasteiger partial charge >= 0.3 is 42.2 Å². The number of unbranched alkanes of at least 4 members (excludes halogenated alkanes) is 2. The summed E-state index contributed by atoms with van der Waals surface area (Å²) < 4.78 is 54.4. The van der Waals surface area contributed by atoms with Crippen molar-refractivity contribution in [1.82, 2.24) is 10.6 Å². The summed E-state index contributed by atoms with van der Waals surface area (Å²) in [5, 5.41) is 5.66. The van der Waals surface area contributed by atoms with Gasteiger partial charge in [0.25, 0.3) is 0 Å². The molecule has 0 saturated carbocycles. The lowest BCUT2D eigenvalue weighted by atomic mass is 9.81.